The van der Waals surface area contributed by atoms with Crippen molar-refractivity contribution in [2.75, 3.05) is 18.5 Å². The Kier molecular flexibility index (Phi) is 4.39. The highest BCUT2D eigenvalue weighted by atomic mass is 16.4. The van der Waals surface area contributed by atoms with Crippen molar-refractivity contribution in [1.29, 1.82) is 0 Å². The molecule has 20 heavy (non-hydrogen) atoms. The number of anilines is 1. The average Bonchev–Trinajstić information content (AvgIpc) is 2.94. The van der Waals surface area contributed by atoms with E-state index in [1.54, 1.807) is 24.1 Å². The van der Waals surface area contributed by atoms with Crippen molar-refractivity contribution in [3.63, 3.8) is 0 Å². The molecule has 0 aromatic heterocycles. The van der Waals surface area contributed by atoms with Crippen molar-refractivity contribution >= 4 is 17.6 Å². The van der Waals surface area contributed by atoms with E-state index in [1.807, 2.05) is 0 Å². The minimum absolute atomic E-state index is 0.0100. The van der Waals surface area contributed by atoms with Gasteiger partial charge in [-0.1, -0.05) is 6.42 Å². The molecule has 2 atom stereocenters. The fourth-order valence-corrected chi connectivity index (χ4v) is 2.85. The number of aromatic carboxylic acids is 1. The standard InChI is InChI=1S/C15H20N2O3/c1-17(12-7-5-10(6-8-12)15(19)20)14(18)13-4-2-3-11(13)9-16/h5-8,11,13H,2-4,9,16H2,1H3,(H,19,20). The third-order valence-electron chi connectivity index (χ3n) is 4.11. The molecule has 1 aliphatic rings. The topological polar surface area (TPSA) is 83.6 Å². The molecule has 1 amide bonds. The summed E-state index contributed by atoms with van der Waals surface area (Å²) >= 11 is 0. The molecule has 1 aromatic rings. The number of nitrogens with zero attached hydrogens (tertiary/aromatic N) is 1. The Labute approximate surface area is 118 Å². The Hall–Kier alpha value is -1.88. The van der Waals surface area contributed by atoms with Gasteiger partial charge in [0.05, 0.1) is 5.56 Å². The number of rotatable bonds is 4. The molecule has 0 aliphatic heterocycles. The Balaban J connectivity index is 2.12. The lowest BCUT2D eigenvalue weighted by molar-refractivity contribution is -0.123. The van der Waals surface area contributed by atoms with E-state index >= 15 is 0 Å². The Bertz CT molecular complexity index is 498. The minimum atomic E-state index is -0.968. The number of carbonyl (C=O) groups excluding carboxylic acids is 1. The summed E-state index contributed by atoms with van der Waals surface area (Å²) in [6.45, 7) is 0.544. The maximum absolute atomic E-state index is 12.5. The van der Waals surface area contributed by atoms with Crippen LogP contribution in [0.25, 0.3) is 0 Å². The van der Waals surface area contributed by atoms with E-state index in [4.69, 9.17) is 10.8 Å². The zero-order chi connectivity index (χ0) is 14.7. The number of hydrogen-bond donors (Lipinski definition) is 2. The van der Waals surface area contributed by atoms with Gasteiger partial charge < -0.3 is 15.7 Å². The van der Waals surface area contributed by atoms with Crippen LogP contribution in [0.3, 0.4) is 0 Å². The summed E-state index contributed by atoms with van der Waals surface area (Å²) in [6.07, 6.45) is 2.95. The molecule has 0 saturated heterocycles. The largest absolute Gasteiger partial charge is 0.478 e. The Morgan fingerprint density at radius 2 is 1.95 bits per heavy atom. The number of nitrogens with two attached hydrogens (primary N) is 1. The van der Waals surface area contributed by atoms with Crippen LogP contribution in [0.4, 0.5) is 5.69 Å². The third-order valence-corrected chi connectivity index (χ3v) is 4.11. The molecular formula is C15H20N2O3. The molecule has 108 valence electrons. The summed E-state index contributed by atoms with van der Waals surface area (Å²) in [5.74, 6) is -0.641. The van der Waals surface area contributed by atoms with Crippen molar-refractivity contribution in [1.82, 2.24) is 0 Å². The van der Waals surface area contributed by atoms with Gasteiger partial charge in [0.15, 0.2) is 0 Å². The van der Waals surface area contributed by atoms with Gasteiger partial charge in [0.2, 0.25) is 5.91 Å². The fourth-order valence-electron chi connectivity index (χ4n) is 2.85. The van der Waals surface area contributed by atoms with Gasteiger partial charge in [0, 0.05) is 18.7 Å². The SMILES string of the molecule is CN(C(=O)C1CCCC1CN)c1ccc(C(=O)O)cc1. The van der Waals surface area contributed by atoms with Crippen LogP contribution in [0.2, 0.25) is 0 Å². The summed E-state index contributed by atoms with van der Waals surface area (Å²) in [7, 11) is 1.73. The number of carboxylic acid groups (broad SMARTS) is 1. The number of carboxylic acids is 1. The predicted octanol–water partition coefficient (Wildman–Crippen LogP) is 1.72. The van der Waals surface area contributed by atoms with E-state index in [0.717, 1.165) is 19.3 Å². The molecule has 0 spiro atoms. The molecule has 2 unspecified atom stereocenters. The molecule has 1 aliphatic carbocycles. The van der Waals surface area contributed by atoms with Crippen molar-refractivity contribution in [3.05, 3.63) is 29.8 Å². The van der Waals surface area contributed by atoms with Gasteiger partial charge in [-0.25, -0.2) is 4.79 Å². The molecule has 1 aromatic carbocycles. The molecular weight excluding hydrogens is 256 g/mol. The lowest BCUT2D eigenvalue weighted by Gasteiger charge is -2.24. The molecule has 5 nitrogen and oxygen atoms in total. The van der Waals surface area contributed by atoms with Gasteiger partial charge in [-0.3, -0.25) is 4.79 Å². The monoisotopic (exact) mass is 276 g/mol. The first-order valence-electron chi connectivity index (χ1n) is 6.85. The van der Waals surface area contributed by atoms with Crippen LogP contribution in [0, 0.1) is 11.8 Å². The summed E-state index contributed by atoms with van der Waals surface area (Å²) in [4.78, 5) is 24.9. The van der Waals surface area contributed by atoms with Crippen LogP contribution in [0.1, 0.15) is 29.6 Å². The number of amides is 1. The van der Waals surface area contributed by atoms with Gasteiger partial charge in [0.1, 0.15) is 0 Å². The van der Waals surface area contributed by atoms with E-state index in [1.165, 1.54) is 12.1 Å². The van der Waals surface area contributed by atoms with E-state index in [2.05, 4.69) is 0 Å². The highest BCUT2D eigenvalue weighted by molar-refractivity contribution is 5.95. The maximum atomic E-state index is 12.5. The van der Waals surface area contributed by atoms with Crippen LogP contribution in [0.15, 0.2) is 24.3 Å². The van der Waals surface area contributed by atoms with E-state index < -0.39 is 5.97 Å². The second-order valence-electron chi connectivity index (χ2n) is 5.28. The van der Waals surface area contributed by atoms with E-state index in [0.29, 0.717) is 12.2 Å². The Morgan fingerprint density at radius 3 is 2.50 bits per heavy atom. The maximum Gasteiger partial charge on any atom is 0.335 e. The zero-order valence-corrected chi connectivity index (χ0v) is 11.6. The normalized spacial score (nSPS) is 21.7. The highest BCUT2D eigenvalue weighted by Gasteiger charge is 2.34. The van der Waals surface area contributed by atoms with Crippen LogP contribution < -0.4 is 10.6 Å². The molecule has 0 bridgehead atoms. The smallest absolute Gasteiger partial charge is 0.335 e. The molecule has 5 heteroatoms. The number of hydrogen-bond acceptors (Lipinski definition) is 3. The first kappa shape index (κ1) is 14.5. The fraction of sp³-hybridized carbons (Fsp3) is 0.467. The van der Waals surface area contributed by atoms with Crippen molar-refractivity contribution in [2.45, 2.75) is 19.3 Å². The van der Waals surface area contributed by atoms with Gasteiger partial charge >= 0.3 is 5.97 Å². The van der Waals surface area contributed by atoms with Crippen molar-refractivity contribution in [2.24, 2.45) is 17.6 Å². The third kappa shape index (κ3) is 2.82. The molecule has 0 radical (unpaired) electrons. The van der Waals surface area contributed by atoms with Crippen LogP contribution in [-0.2, 0) is 4.79 Å². The van der Waals surface area contributed by atoms with E-state index in [-0.39, 0.29) is 23.3 Å². The Morgan fingerprint density at radius 1 is 1.30 bits per heavy atom. The van der Waals surface area contributed by atoms with Crippen LogP contribution >= 0.6 is 0 Å². The molecule has 2 rings (SSSR count). The lowest BCUT2D eigenvalue weighted by Crippen LogP contribution is -2.36. The molecule has 3 N–H and O–H groups in total. The average molecular weight is 276 g/mol. The zero-order valence-electron chi connectivity index (χ0n) is 11.6. The highest BCUT2D eigenvalue weighted by Crippen LogP contribution is 2.33. The predicted molar refractivity (Wildman–Crippen MR) is 76.7 cm³/mol. The van der Waals surface area contributed by atoms with Crippen LogP contribution in [-0.4, -0.2) is 30.6 Å². The van der Waals surface area contributed by atoms with Crippen molar-refractivity contribution < 1.29 is 14.7 Å². The second kappa shape index (κ2) is 6.05. The number of carbonyl (C=O) groups is 2. The van der Waals surface area contributed by atoms with Crippen molar-refractivity contribution in [3.8, 4) is 0 Å². The van der Waals surface area contributed by atoms with Gasteiger partial charge in [0.25, 0.3) is 0 Å². The van der Waals surface area contributed by atoms with Gasteiger partial charge in [-0.05, 0) is 49.6 Å². The first-order valence-corrected chi connectivity index (χ1v) is 6.85. The van der Waals surface area contributed by atoms with E-state index in [9.17, 15) is 9.59 Å². The summed E-state index contributed by atoms with van der Waals surface area (Å²) in [6, 6.07) is 6.34. The molecule has 1 fully saturated rings. The summed E-state index contributed by atoms with van der Waals surface area (Å²) < 4.78 is 0. The first-order chi connectivity index (χ1) is 9.54. The number of benzene rings is 1. The lowest BCUT2D eigenvalue weighted by atomic mass is 9.94. The van der Waals surface area contributed by atoms with Crippen LogP contribution in [0.5, 0.6) is 0 Å². The quantitative estimate of drug-likeness (QED) is 0.877. The molecule has 0 heterocycles. The van der Waals surface area contributed by atoms with Gasteiger partial charge in [-0.2, -0.15) is 0 Å². The summed E-state index contributed by atoms with van der Waals surface area (Å²) in [5.41, 5.74) is 6.65. The van der Waals surface area contributed by atoms with Gasteiger partial charge in [-0.15, -0.1) is 0 Å². The second-order valence-corrected chi connectivity index (χ2v) is 5.28. The summed E-state index contributed by atoms with van der Waals surface area (Å²) in [5, 5.41) is 8.87. The minimum Gasteiger partial charge on any atom is -0.478 e. The molecule has 1 saturated carbocycles.